The van der Waals surface area contributed by atoms with Gasteiger partial charge in [-0.3, -0.25) is 14.9 Å². The van der Waals surface area contributed by atoms with Gasteiger partial charge in [0.15, 0.2) is 0 Å². The maximum absolute atomic E-state index is 14.1. The number of hydrogen-bond acceptors (Lipinski definition) is 4. The summed E-state index contributed by atoms with van der Waals surface area (Å²) in [6.45, 7) is 3.68. The van der Waals surface area contributed by atoms with E-state index in [9.17, 15) is 19.3 Å². The molecule has 0 saturated heterocycles. The minimum absolute atomic E-state index is 0.0214. The highest BCUT2D eigenvalue weighted by Gasteiger charge is 2.21. The van der Waals surface area contributed by atoms with E-state index in [1.54, 1.807) is 57.3 Å². The van der Waals surface area contributed by atoms with Crippen molar-refractivity contribution in [3.63, 3.8) is 0 Å². The number of likely N-dealkylation sites (N-methyl/N-ethyl adjacent to an activating group) is 1. The monoisotopic (exact) mass is 396 g/mol. The van der Waals surface area contributed by atoms with Gasteiger partial charge < -0.3 is 4.90 Å². The lowest BCUT2D eigenvalue weighted by atomic mass is 10.1. The van der Waals surface area contributed by atoms with E-state index in [0.29, 0.717) is 28.2 Å². The largest absolute Gasteiger partial charge is 0.341 e. The number of carbonyl (C=O) groups excluding carboxylic acids is 1. The Bertz CT molecular complexity index is 1080. The van der Waals surface area contributed by atoms with E-state index in [1.807, 2.05) is 0 Å². The molecule has 0 bridgehead atoms. The fourth-order valence-electron chi connectivity index (χ4n) is 3.24. The van der Waals surface area contributed by atoms with Crippen LogP contribution in [0.3, 0.4) is 0 Å². The normalized spacial score (nSPS) is 10.8. The van der Waals surface area contributed by atoms with Crippen molar-refractivity contribution in [1.82, 2.24) is 14.7 Å². The third-order valence-corrected chi connectivity index (χ3v) is 4.87. The standard InChI is InChI=1S/C21H21FN4O3/c1-14-17(15(2)25(23-14)20-11-7-5-9-18(20)22)12-21(27)24(3)13-16-8-4-6-10-19(16)26(28)29/h4-11H,12-13H2,1-3H3. The van der Waals surface area contributed by atoms with Gasteiger partial charge in [0.2, 0.25) is 5.91 Å². The van der Waals surface area contributed by atoms with E-state index >= 15 is 0 Å². The van der Waals surface area contributed by atoms with E-state index in [0.717, 1.165) is 0 Å². The lowest BCUT2D eigenvalue weighted by Gasteiger charge is -2.17. The van der Waals surface area contributed by atoms with E-state index < -0.39 is 10.7 Å². The van der Waals surface area contributed by atoms with Gasteiger partial charge in [-0.25, -0.2) is 9.07 Å². The molecule has 0 aliphatic rings. The Balaban J connectivity index is 1.81. The van der Waals surface area contributed by atoms with Gasteiger partial charge in [-0.05, 0) is 26.0 Å². The lowest BCUT2D eigenvalue weighted by Crippen LogP contribution is -2.28. The summed E-state index contributed by atoms with van der Waals surface area (Å²) in [4.78, 5) is 24.9. The third kappa shape index (κ3) is 4.16. The van der Waals surface area contributed by atoms with Crippen molar-refractivity contribution in [3.05, 3.63) is 87.0 Å². The highest BCUT2D eigenvalue weighted by Crippen LogP contribution is 2.22. The van der Waals surface area contributed by atoms with Crippen LogP contribution in [-0.4, -0.2) is 32.6 Å². The zero-order valence-corrected chi connectivity index (χ0v) is 16.4. The van der Waals surface area contributed by atoms with Crippen LogP contribution in [0.4, 0.5) is 10.1 Å². The molecule has 3 aromatic rings. The van der Waals surface area contributed by atoms with Crippen LogP contribution in [0, 0.1) is 29.8 Å². The SMILES string of the molecule is Cc1nn(-c2ccccc2F)c(C)c1CC(=O)N(C)Cc1ccccc1[N+](=O)[O-]. The summed E-state index contributed by atoms with van der Waals surface area (Å²) >= 11 is 0. The molecule has 0 atom stereocenters. The number of carbonyl (C=O) groups is 1. The van der Waals surface area contributed by atoms with E-state index in [2.05, 4.69) is 5.10 Å². The molecular formula is C21H21FN4O3. The summed E-state index contributed by atoms with van der Waals surface area (Å²) in [7, 11) is 1.60. The van der Waals surface area contributed by atoms with Crippen LogP contribution >= 0.6 is 0 Å². The average Bonchev–Trinajstić information content (AvgIpc) is 2.96. The van der Waals surface area contributed by atoms with Gasteiger partial charge in [0.05, 0.1) is 23.6 Å². The number of aryl methyl sites for hydroxylation is 1. The van der Waals surface area contributed by atoms with Gasteiger partial charge in [-0.1, -0.05) is 30.3 Å². The number of rotatable bonds is 6. The maximum Gasteiger partial charge on any atom is 0.274 e. The average molecular weight is 396 g/mol. The molecule has 1 amide bonds. The van der Waals surface area contributed by atoms with Crippen LogP contribution in [-0.2, 0) is 17.8 Å². The molecule has 0 N–H and O–H groups in total. The van der Waals surface area contributed by atoms with Crippen molar-refractivity contribution in [2.75, 3.05) is 7.05 Å². The first-order valence-electron chi connectivity index (χ1n) is 9.06. The molecule has 3 rings (SSSR count). The first kappa shape index (κ1) is 20.2. The summed E-state index contributed by atoms with van der Waals surface area (Å²) in [5.41, 5.74) is 2.79. The van der Waals surface area contributed by atoms with Crippen LogP contribution in [0.2, 0.25) is 0 Å². The molecule has 0 radical (unpaired) electrons. The summed E-state index contributed by atoms with van der Waals surface area (Å²) in [5.74, 6) is -0.605. The molecule has 0 aliphatic carbocycles. The van der Waals surface area contributed by atoms with E-state index in [-0.39, 0.29) is 24.6 Å². The van der Waals surface area contributed by atoms with Gasteiger partial charge in [-0.2, -0.15) is 5.10 Å². The number of aromatic nitrogens is 2. The molecule has 1 aromatic heterocycles. The zero-order valence-electron chi connectivity index (χ0n) is 16.4. The Morgan fingerprint density at radius 3 is 2.52 bits per heavy atom. The van der Waals surface area contributed by atoms with Crippen LogP contribution in [0.15, 0.2) is 48.5 Å². The predicted octanol–water partition coefficient (Wildman–Crippen LogP) is 3.74. The maximum atomic E-state index is 14.1. The predicted molar refractivity (Wildman–Crippen MR) is 106 cm³/mol. The first-order chi connectivity index (χ1) is 13.8. The second kappa shape index (κ2) is 8.22. The quantitative estimate of drug-likeness (QED) is 0.470. The van der Waals surface area contributed by atoms with Crippen LogP contribution in [0.1, 0.15) is 22.5 Å². The molecule has 0 unspecified atom stereocenters. The molecule has 1 heterocycles. The Hall–Kier alpha value is -3.55. The Kier molecular flexibility index (Phi) is 5.72. The molecule has 0 fully saturated rings. The Morgan fingerprint density at radius 2 is 1.83 bits per heavy atom. The molecule has 0 aliphatic heterocycles. The van der Waals surface area contributed by atoms with Gasteiger partial charge >= 0.3 is 0 Å². The molecule has 8 heteroatoms. The summed E-state index contributed by atoms with van der Waals surface area (Å²) in [6, 6.07) is 12.7. The number of halogens is 1. The van der Waals surface area contributed by atoms with Gasteiger partial charge in [0, 0.05) is 29.9 Å². The van der Waals surface area contributed by atoms with Crippen LogP contribution in [0.25, 0.3) is 5.69 Å². The van der Waals surface area contributed by atoms with Crippen molar-refractivity contribution in [1.29, 1.82) is 0 Å². The molecule has 29 heavy (non-hydrogen) atoms. The number of nitrogens with zero attached hydrogens (tertiary/aromatic N) is 4. The lowest BCUT2D eigenvalue weighted by molar-refractivity contribution is -0.385. The topological polar surface area (TPSA) is 81.3 Å². The summed E-state index contributed by atoms with van der Waals surface area (Å²) in [5, 5.41) is 15.6. The number of benzene rings is 2. The number of nitro benzene ring substituents is 1. The van der Waals surface area contributed by atoms with E-state index in [4.69, 9.17) is 0 Å². The van der Waals surface area contributed by atoms with Crippen molar-refractivity contribution in [3.8, 4) is 5.69 Å². The van der Waals surface area contributed by atoms with Gasteiger partial charge in [0.25, 0.3) is 5.69 Å². The summed E-state index contributed by atoms with van der Waals surface area (Å²) in [6.07, 6.45) is 0.0727. The Morgan fingerprint density at radius 1 is 1.17 bits per heavy atom. The second-order valence-corrected chi connectivity index (χ2v) is 6.82. The van der Waals surface area contributed by atoms with Gasteiger partial charge in [-0.15, -0.1) is 0 Å². The molecule has 0 saturated carbocycles. The molecular weight excluding hydrogens is 375 g/mol. The minimum atomic E-state index is -0.458. The summed E-state index contributed by atoms with van der Waals surface area (Å²) < 4.78 is 15.6. The van der Waals surface area contributed by atoms with Gasteiger partial charge in [0.1, 0.15) is 11.5 Å². The fourth-order valence-corrected chi connectivity index (χ4v) is 3.24. The van der Waals surface area contributed by atoms with Crippen molar-refractivity contribution < 1.29 is 14.1 Å². The van der Waals surface area contributed by atoms with Crippen molar-refractivity contribution in [2.45, 2.75) is 26.8 Å². The van der Waals surface area contributed by atoms with Crippen molar-refractivity contribution in [2.24, 2.45) is 0 Å². The molecule has 0 spiro atoms. The number of nitro groups is 1. The third-order valence-electron chi connectivity index (χ3n) is 4.87. The van der Waals surface area contributed by atoms with Crippen LogP contribution in [0.5, 0.6) is 0 Å². The minimum Gasteiger partial charge on any atom is -0.341 e. The highest BCUT2D eigenvalue weighted by atomic mass is 19.1. The molecule has 7 nitrogen and oxygen atoms in total. The number of amides is 1. The van der Waals surface area contributed by atoms with Crippen LogP contribution < -0.4 is 0 Å². The fraction of sp³-hybridized carbons (Fsp3) is 0.238. The smallest absolute Gasteiger partial charge is 0.274 e. The molecule has 150 valence electrons. The zero-order chi connectivity index (χ0) is 21.1. The van der Waals surface area contributed by atoms with Crippen molar-refractivity contribution >= 4 is 11.6 Å². The number of hydrogen-bond donors (Lipinski definition) is 0. The van der Waals surface area contributed by atoms with E-state index in [1.165, 1.54) is 21.7 Å². The highest BCUT2D eigenvalue weighted by molar-refractivity contribution is 5.79. The Labute approximate surface area is 167 Å². The second-order valence-electron chi connectivity index (χ2n) is 6.82. The molecule has 2 aromatic carbocycles. The first-order valence-corrected chi connectivity index (χ1v) is 9.06. The number of para-hydroxylation sites is 2.